The summed E-state index contributed by atoms with van der Waals surface area (Å²) >= 11 is 0. The van der Waals surface area contributed by atoms with Crippen LogP contribution >= 0.6 is 7.82 Å². The van der Waals surface area contributed by atoms with Gasteiger partial charge >= 0.3 is 31.7 Å². The molecule has 0 heterocycles. The van der Waals surface area contributed by atoms with Gasteiger partial charge in [0.15, 0.2) is 6.10 Å². The maximum Gasteiger partial charge on any atom is 0.472 e. The largest absolute Gasteiger partial charge is 0.472 e. The first-order valence-corrected chi connectivity index (χ1v) is 22.9. The Labute approximate surface area is 333 Å². The van der Waals surface area contributed by atoms with Crippen molar-refractivity contribution in [3.8, 4) is 0 Å². The zero-order chi connectivity index (χ0) is 40.8. The van der Waals surface area contributed by atoms with Crippen LogP contribution in [0.2, 0.25) is 0 Å². The summed E-state index contributed by atoms with van der Waals surface area (Å²) in [6.45, 7) is 4.91. The van der Waals surface area contributed by atoms with E-state index in [0.29, 0.717) is 45.4 Å². The van der Waals surface area contributed by atoms with Crippen molar-refractivity contribution in [2.24, 2.45) is 0 Å². The summed E-state index contributed by atoms with van der Waals surface area (Å²) in [7, 11) is -0.835. The van der Waals surface area contributed by atoms with E-state index in [4.69, 9.17) is 28.0 Å². The van der Waals surface area contributed by atoms with Gasteiger partial charge in [-0.25, -0.2) is 4.57 Å². The highest BCUT2D eigenvalue weighted by Crippen LogP contribution is 2.43. The second kappa shape index (κ2) is 37.5. The maximum absolute atomic E-state index is 12.6. The molecule has 0 aromatic heterocycles. The number of hydrogen-bond donors (Lipinski definition) is 1. The predicted octanol–water partition coefficient (Wildman–Crippen LogP) is 9.41. The maximum atomic E-state index is 12.6. The molecule has 13 nitrogen and oxygen atoms in total. The number of nitrogens with zero attached hydrogens (tertiary/aromatic N) is 1. The smallest absolute Gasteiger partial charge is 0.466 e. The molecule has 0 aliphatic carbocycles. The minimum absolute atomic E-state index is 0.0378. The summed E-state index contributed by atoms with van der Waals surface area (Å²) < 4.78 is 43.8. The Morgan fingerprint density at radius 3 is 1.31 bits per heavy atom. The van der Waals surface area contributed by atoms with Crippen molar-refractivity contribution in [1.29, 1.82) is 0 Å². The van der Waals surface area contributed by atoms with Crippen LogP contribution in [-0.2, 0) is 51.7 Å². The molecule has 14 heteroatoms. The fourth-order valence-electron chi connectivity index (χ4n) is 5.59. The number of likely N-dealkylation sites (N-methyl/N-ethyl adjacent to an activating group) is 1. The minimum Gasteiger partial charge on any atom is -0.466 e. The Kier molecular flexibility index (Phi) is 36.1. The molecule has 0 spiro atoms. The molecule has 324 valence electrons. The third-order valence-corrected chi connectivity index (χ3v) is 9.97. The van der Waals surface area contributed by atoms with Crippen LogP contribution in [0.25, 0.3) is 0 Å². The van der Waals surface area contributed by atoms with Gasteiger partial charge in [0.25, 0.3) is 0 Å². The van der Waals surface area contributed by atoms with Crippen LogP contribution < -0.4 is 0 Å². The summed E-state index contributed by atoms with van der Waals surface area (Å²) in [5.74, 6) is -1.32. The van der Waals surface area contributed by atoms with E-state index in [-0.39, 0.29) is 38.0 Å². The number of phosphoric acid groups is 1. The molecule has 0 fully saturated rings. The summed E-state index contributed by atoms with van der Waals surface area (Å²) in [6, 6.07) is 0. The van der Waals surface area contributed by atoms with Gasteiger partial charge in [0, 0.05) is 32.2 Å². The van der Waals surface area contributed by atoms with E-state index in [1.54, 1.807) is 19.0 Å². The first kappa shape index (κ1) is 53.0. The molecule has 0 radical (unpaired) electrons. The van der Waals surface area contributed by atoms with Gasteiger partial charge in [-0.2, -0.15) is 0 Å². The average Bonchev–Trinajstić information content (AvgIpc) is 3.14. The molecule has 0 aliphatic heterocycles. The van der Waals surface area contributed by atoms with Crippen molar-refractivity contribution in [2.45, 2.75) is 187 Å². The van der Waals surface area contributed by atoms with E-state index in [9.17, 15) is 28.6 Å². The molecule has 0 saturated heterocycles. The number of esters is 4. The monoisotopic (exact) mass is 808 g/mol. The summed E-state index contributed by atoms with van der Waals surface area (Å²) in [6.07, 6.45) is 21.4. The molecular weight excluding hydrogens is 729 g/mol. The number of carbonyl (C=O) groups excluding carboxylic acids is 4. The molecule has 0 amide bonds. The van der Waals surface area contributed by atoms with Gasteiger partial charge in [0.2, 0.25) is 0 Å². The van der Waals surface area contributed by atoms with Gasteiger partial charge in [-0.05, 0) is 52.6 Å². The molecule has 0 rings (SSSR count). The van der Waals surface area contributed by atoms with E-state index in [2.05, 4.69) is 13.8 Å². The molecule has 0 saturated carbocycles. The Morgan fingerprint density at radius 1 is 0.491 bits per heavy atom. The van der Waals surface area contributed by atoms with Crippen molar-refractivity contribution < 1.29 is 56.6 Å². The van der Waals surface area contributed by atoms with Crippen molar-refractivity contribution in [2.75, 3.05) is 53.7 Å². The van der Waals surface area contributed by atoms with Gasteiger partial charge in [0.1, 0.15) is 6.61 Å². The zero-order valence-electron chi connectivity index (χ0n) is 35.0. The normalized spacial score (nSPS) is 13.0. The Balaban J connectivity index is 4.37. The van der Waals surface area contributed by atoms with E-state index in [1.807, 2.05) is 0 Å². The van der Waals surface area contributed by atoms with Gasteiger partial charge in [-0.1, -0.05) is 117 Å². The van der Waals surface area contributed by atoms with Gasteiger partial charge in [-0.3, -0.25) is 28.2 Å². The highest BCUT2D eigenvalue weighted by Gasteiger charge is 2.26. The number of rotatable bonds is 40. The Morgan fingerprint density at radius 2 is 0.873 bits per heavy atom. The fourth-order valence-corrected chi connectivity index (χ4v) is 6.33. The molecule has 2 atom stereocenters. The van der Waals surface area contributed by atoms with Crippen LogP contribution in [0.5, 0.6) is 0 Å². The van der Waals surface area contributed by atoms with E-state index in [0.717, 1.165) is 77.0 Å². The van der Waals surface area contributed by atoms with Crippen molar-refractivity contribution in [1.82, 2.24) is 4.90 Å². The second-order valence-corrected chi connectivity index (χ2v) is 16.2. The van der Waals surface area contributed by atoms with E-state index < -0.39 is 32.5 Å². The molecule has 0 aromatic carbocycles. The van der Waals surface area contributed by atoms with E-state index in [1.165, 1.54) is 51.4 Å². The zero-order valence-corrected chi connectivity index (χ0v) is 35.9. The summed E-state index contributed by atoms with van der Waals surface area (Å²) in [5, 5.41) is 0. The number of phosphoric ester groups is 1. The predicted molar refractivity (Wildman–Crippen MR) is 214 cm³/mol. The molecule has 0 aliphatic rings. The molecule has 1 N–H and O–H groups in total. The lowest BCUT2D eigenvalue weighted by molar-refractivity contribution is -0.161. The van der Waals surface area contributed by atoms with Gasteiger partial charge in [0.05, 0.1) is 26.4 Å². The number of carbonyl (C=O) groups is 4. The SMILES string of the molecule is CCCCCCCCOC(=O)CCCCCCCC(=O)OCC(COP(=O)(O)OCCN(C)C)OC(=O)CCCCCCCC(=O)OCCCCCCCC. The molecule has 0 bridgehead atoms. The van der Waals surface area contributed by atoms with Crippen molar-refractivity contribution >= 4 is 31.7 Å². The Bertz CT molecular complexity index is 1010. The van der Waals surface area contributed by atoms with Crippen LogP contribution in [0.3, 0.4) is 0 Å². The summed E-state index contributed by atoms with van der Waals surface area (Å²) in [4.78, 5) is 60.8. The highest BCUT2D eigenvalue weighted by molar-refractivity contribution is 7.47. The van der Waals surface area contributed by atoms with Gasteiger partial charge < -0.3 is 28.7 Å². The van der Waals surface area contributed by atoms with E-state index >= 15 is 0 Å². The quantitative estimate of drug-likeness (QED) is 0.0270. The third kappa shape index (κ3) is 38.6. The van der Waals surface area contributed by atoms with Crippen LogP contribution in [0, 0.1) is 0 Å². The molecule has 2 unspecified atom stereocenters. The molecule has 0 aromatic rings. The number of hydrogen-bond acceptors (Lipinski definition) is 12. The Hall–Kier alpha value is -2.05. The van der Waals surface area contributed by atoms with Crippen LogP contribution in [0.1, 0.15) is 181 Å². The fraction of sp³-hybridized carbons (Fsp3) is 0.902. The number of ether oxygens (including phenoxy) is 4. The first-order valence-electron chi connectivity index (χ1n) is 21.4. The van der Waals surface area contributed by atoms with Crippen LogP contribution in [-0.4, -0.2) is 93.4 Å². The molecular formula is C41H78NO12P. The lowest BCUT2D eigenvalue weighted by Gasteiger charge is -2.20. The average molecular weight is 808 g/mol. The van der Waals surface area contributed by atoms with Crippen LogP contribution in [0.4, 0.5) is 0 Å². The topological polar surface area (TPSA) is 164 Å². The van der Waals surface area contributed by atoms with Crippen molar-refractivity contribution in [3.05, 3.63) is 0 Å². The summed E-state index contributed by atoms with van der Waals surface area (Å²) in [5.41, 5.74) is 0. The lowest BCUT2D eigenvalue weighted by Crippen LogP contribution is -2.29. The number of unbranched alkanes of at least 4 members (excludes halogenated alkanes) is 18. The highest BCUT2D eigenvalue weighted by atomic mass is 31.2. The minimum atomic E-state index is -4.42. The standard InChI is InChI=1S/C41H78NO12P/c1-5-7-9-11-19-25-32-49-38(43)27-21-15-13-17-23-29-40(45)51-35-37(36-53-55(47,48)52-34-31-42(3)4)54-41(46)30-24-18-14-16-22-28-39(44)50-33-26-20-12-10-8-6-2/h37H,5-36H2,1-4H3,(H,47,48). The van der Waals surface area contributed by atoms with Gasteiger partial charge in [-0.15, -0.1) is 0 Å². The second-order valence-electron chi connectivity index (χ2n) is 14.7. The van der Waals surface area contributed by atoms with Crippen molar-refractivity contribution in [3.63, 3.8) is 0 Å². The molecule has 55 heavy (non-hydrogen) atoms. The lowest BCUT2D eigenvalue weighted by atomic mass is 10.1. The van der Waals surface area contributed by atoms with Crippen LogP contribution in [0.15, 0.2) is 0 Å². The first-order chi connectivity index (χ1) is 26.5. The third-order valence-electron chi connectivity index (χ3n) is 8.99.